The molecule has 1 fully saturated rings. The molecule has 3 aromatic carbocycles. The molecule has 0 spiro atoms. The van der Waals surface area contributed by atoms with Crippen molar-refractivity contribution in [3.63, 3.8) is 0 Å². The minimum absolute atomic E-state index is 0.113. The van der Waals surface area contributed by atoms with E-state index in [0.29, 0.717) is 26.9 Å². The van der Waals surface area contributed by atoms with Crippen molar-refractivity contribution in [2.24, 2.45) is 0 Å². The van der Waals surface area contributed by atoms with E-state index in [9.17, 15) is 28.4 Å². The molecule has 4 rings (SSSR count). The molecule has 0 saturated carbocycles. The van der Waals surface area contributed by atoms with Crippen LogP contribution in [0.3, 0.4) is 0 Å². The molecule has 1 aliphatic rings. The van der Waals surface area contributed by atoms with E-state index in [1.165, 1.54) is 12.1 Å². The van der Waals surface area contributed by atoms with Crippen molar-refractivity contribution in [2.75, 3.05) is 11.9 Å². The topological polar surface area (TPSA) is 114 Å². The first kappa shape index (κ1) is 29.2. The van der Waals surface area contributed by atoms with Gasteiger partial charge in [-0.2, -0.15) is 0 Å². The van der Waals surface area contributed by atoms with E-state index in [1.54, 1.807) is 42.5 Å². The molecule has 0 aliphatic carbocycles. The van der Waals surface area contributed by atoms with Crippen molar-refractivity contribution < 1.29 is 42.6 Å². The number of nitrogens with zero attached hydrogens (tertiary/aromatic N) is 1. The highest BCUT2D eigenvalue weighted by atomic mass is 35.5. The number of anilines is 1. The minimum Gasteiger partial charge on any atom is -0.489 e. The molecule has 210 valence electrons. The van der Waals surface area contributed by atoms with E-state index >= 15 is 0 Å². The number of halogens is 4. The standard InChI is InChI=1S/C27H22Cl2F2N2O7/c28-18-4-3-5-19(29)17(18)13-38-16-10-8-15(9-11-16)12-21(27(36)37)32-25(34)23-24(40-14-39-23)26(35)33(31)22-7-2-1-6-20(22)30/h1-11,21,23-24H,12-14H2,(H,32,34)(H,36,37)/t21?,23-,24-/m1/s1. The number of rotatable bonds is 10. The van der Waals surface area contributed by atoms with Crippen LogP contribution < -0.4 is 15.2 Å². The van der Waals surface area contributed by atoms with E-state index in [1.807, 2.05) is 0 Å². The van der Waals surface area contributed by atoms with E-state index in [-0.39, 0.29) is 13.0 Å². The van der Waals surface area contributed by atoms with Crippen LogP contribution in [0.4, 0.5) is 14.6 Å². The lowest BCUT2D eigenvalue weighted by Gasteiger charge is -2.21. The molecule has 3 aromatic rings. The highest BCUT2D eigenvalue weighted by molar-refractivity contribution is 6.35. The Morgan fingerprint density at radius 1 is 1.00 bits per heavy atom. The van der Waals surface area contributed by atoms with Crippen molar-refractivity contribution in [1.29, 1.82) is 0 Å². The fourth-order valence-corrected chi connectivity index (χ4v) is 4.36. The summed E-state index contributed by atoms with van der Waals surface area (Å²) < 4.78 is 44.4. The van der Waals surface area contributed by atoms with Gasteiger partial charge >= 0.3 is 5.97 Å². The Balaban J connectivity index is 1.37. The van der Waals surface area contributed by atoms with Crippen LogP contribution in [-0.2, 0) is 36.9 Å². The van der Waals surface area contributed by atoms with E-state index in [4.69, 9.17) is 37.4 Å². The highest BCUT2D eigenvalue weighted by Crippen LogP contribution is 2.27. The first-order chi connectivity index (χ1) is 19.2. The van der Waals surface area contributed by atoms with Crippen LogP contribution in [0.25, 0.3) is 0 Å². The van der Waals surface area contributed by atoms with Gasteiger partial charge in [0, 0.05) is 22.0 Å². The van der Waals surface area contributed by atoms with Gasteiger partial charge in [0.15, 0.2) is 12.2 Å². The first-order valence-corrected chi connectivity index (χ1v) is 12.6. The molecule has 40 heavy (non-hydrogen) atoms. The third-order valence-electron chi connectivity index (χ3n) is 5.95. The molecule has 0 bridgehead atoms. The third-order valence-corrected chi connectivity index (χ3v) is 6.66. The Labute approximate surface area is 237 Å². The van der Waals surface area contributed by atoms with Gasteiger partial charge in [0.2, 0.25) is 0 Å². The maximum Gasteiger partial charge on any atom is 0.326 e. The number of ether oxygens (including phenoxy) is 3. The molecule has 2 N–H and O–H groups in total. The molecule has 0 radical (unpaired) electrons. The predicted octanol–water partition coefficient (Wildman–Crippen LogP) is 4.48. The molecule has 0 aromatic heterocycles. The number of para-hydroxylation sites is 1. The van der Waals surface area contributed by atoms with Gasteiger partial charge in [-0.25, -0.2) is 9.18 Å². The summed E-state index contributed by atoms with van der Waals surface area (Å²) in [5.41, 5.74) is 0.484. The van der Waals surface area contributed by atoms with E-state index in [0.717, 1.165) is 12.1 Å². The van der Waals surface area contributed by atoms with Gasteiger partial charge < -0.3 is 24.6 Å². The second kappa shape index (κ2) is 13.1. The van der Waals surface area contributed by atoms with Gasteiger partial charge in [0.1, 0.15) is 36.7 Å². The zero-order chi connectivity index (χ0) is 28.8. The number of hydrogen-bond acceptors (Lipinski definition) is 6. The number of amides is 2. The van der Waals surface area contributed by atoms with Crippen molar-refractivity contribution in [3.05, 3.63) is 93.7 Å². The average Bonchev–Trinajstić information content (AvgIpc) is 3.43. The first-order valence-electron chi connectivity index (χ1n) is 11.8. The number of aliphatic carboxylic acids is 1. The van der Waals surface area contributed by atoms with Crippen molar-refractivity contribution in [1.82, 2.24) is 5.32 Å². The molecule has 2 amide bonds. The minimum atomic E-state index is -1.76. The van der Waals surface area contributed by atoms with Crippen LogP contribution in [0.1, 0.15) is 11.1 Å². The lowest BCUT2D eigenvalue weighted by Crippen LogP contribution is -2.52. The van der Waals surface area contributed by atoms with Crippen molar-refractivity contribution >= 4 is 46.7 Å². The van der Waals surface area contributed by atoms with Crippen molar-refractivity contribution in [3.8, 4) is 5.75 Å². The van der Waals surface area contributed by atoms with Crippen LogP contribution in [0.2, 0.25) is 10.0 Å². The predicted molar refractivity (Wildman–Crippen MR) is 140 cm³/mol. The summed E-state index contributed by atoms with van der Waals surface area (Å²) in [6.07, 6.45) is -3.55. The number of carbonyl (C=O) groups excluding carboxylic acids is 2. The average molecular weight is 595 g/mol. The second-order valence-corrected chi connectivity index (χ2v) is 9.41. The van der Waals surface area contributed by atoms with Crippen LogP contribution in [-0.4, -0.2) is 47.9 Å². The fourth-order valence-electron chi connectivity index (χ4n) is 3.85. The monoisotopic (exact) mass is 594 g/mol. The number of carboxylic acids is 1. The molecule has 3 atom stereocenters. The molecule has 13 heteroatoms. The van der Waals surface area contributed by atoms with Gasteiger partial charge in [-0.3, -0.25) is 9.59 Å². The molecular formula is C27H22Cl2F2N2O7. The maximum atomic E-state index is 14.6. The maximum absolute atomic E-state index is 14.6. The van der Waals surface area contributed by atoms with E-state index < -0.39 is 59.5 Å². The summed E-state index contributed by atoms with van der Waals surface area (Å²) in [6.45, 7) is -0.416. The largest absolute Gasteiger partial charge is 0.489 e. The Bertz CT molecular complexity index is 1370. The zero-order valence-electron chi connectivity index (χ0n) is 20.6. The SMILES string of the molecule is O=C(O)C(Cc1ccc(OCc2c(Cl)cccc2Cl)cc1)NC(=O)[C@@H]1OCO[C@H]1C(=O)N(F)c1ccccc1F. The van der Waals surface area contributed by atoms with Gasteiger partial charge in [0.25, 0.3) is 11.8 Å². The van der Waals surface area contributed by atoms with Crippen LogP contribution in [0.5, 0.6) is 5.75 Å². The molecule has 1 saturated heterocycles. The van der Waals surface area contributed by atoms with Crippen LogP contribution in [0, 0.1) is 5.82 Å². The highest BCUT2D eigenvalue weighted by Gasteiger charge is 2.44. The van der Waals surface area contributed by atoms with Gasteiger partial charge in [-0.15, -0.1) is 5.12 Å². The summed E-state index contributed by atoms with van der Waals surface area (Å²) in [5.74, 6) is -4.29. The summed E-state index contributed by atoms with van der Waals surface area (Å²) in [7, 11) is 0. The summed E-state index contributed by atoms with van der Waals surface area (Å²) in [5, 5.41) is 12.4. The summed E-state index contributed by atoms with van der Waals surface area (Å²) >= 11 is 12.3. The van der Waals surface area contributed by atoms with Gasteiger partial charge in [0.05, 0.1) is 0 Å². The Morgan fingerprint density at radius 2 is 1.65 bits per heavy atom. The zero-order valence-corrected chi connectivity index (χ0v) is 22.1. The number of benzene rings is 3. The molecular weight excluding hydrogens is 573 g/mol. The van der Waals surface area contributed by atoms with Crippen LogP contribution >= 0.6 is 23.2 Å². The third kappa shape index (κ3) is 6.86. The normalized spacial score (nSPS) is 17.2. The molecule has 1 unspecified atom stereocenters. The number of nitrogens with one attached hydrogen (secondary N) is 1. The second-order valence-electron chi connectivity index (χ2n) is 8.60. The van der Waals surface area contributed by atoms with Gasteiger partial charge in [-0.1, -0.05) is 58.0 Å². The number of carbonyl (C=O) groups is 3. The molecule has 1 heterocycles. The smallest absolute Gasteiger partial charge is 0.326 e. The molecule has 1 aliphatic heterocycles. The fraction of sp³-hybridized carbons (Fsp3) is 0.222. The number of hydrogen-bond donors (Lipinski definition) is 2. The Hall–Kier alpha value is -3.77. The molecule has 9 nitrogen and oxygen atoms in total. The lowest BCUT2D eigenvalue weighted by molar-refractivity contribution is -0.144. The van der Waals surface area contributed by atoms with E-state index in [2.05, 4.69) is 5.32 Å². The quantitative estimate of drug-likeness (QED) is 0.332. The van der Waals surface area contributed by atoms with Crippen molar-refractivity contribution in [2.45, 2.75) is 31.3 Å². The Kier molecular flexibility index (Phi) is 9.54. The Morgan fingerprint density at radius 3 is 2.30 bits per heavy atom. The van der Waals surface area contributed by atoms with Crippen LogP contribution in [0.15, 0.2) is 66.7 Å². The number of carboxylic acid groups (broad SMARTS) is 1. The van der Waals surface area contributed by atoms with Gasteiger partial charge in [-0.05, 0) is 42.0 Å². The summed E-state index contributed by atoms with van der Waals surface area (Å²) in [6, 6.07) is 14.7. The lowest BCUT2D eigenvalue weighted by atomic mass is 10.0. The summed E-state index contributed by atoms with van der Waals surface area (Å²) in [4.78, 5) is 37.3.